The summed E-state index contributed by atoms with van der Waals surface area (Å²) in [5.74, 6) is -2.56. The van der Waals surface area contributed by atoms with Crippen molar-refractivity contribution in [2.75, 3.05) is 5.32 Å². The molecule has 2 aromatic rings. The molecule has 0 saturated heterocycles. The second-order valence-corrected chi connectivity index (χ2v) is 4.08. The van der Waals surface area contributed by atoms with E-state index in [2.05, 4.69) is 5.32 Å². The maximum atomic E-state index is 13.1. The zero-order valence-corrected chi connectivity index (χ0v) is 10.0. The summed E-state index contributed by atoms with van der Waals surface area (Å²) in [6.07, 6.45) is 0. The molecule has 0 spiro atoms. The predicted molar refractivity (Wildman–Crippen MR) is 65.4 cm³/mol. The molecule has 0 aliphatic heterocycles. The third-order valence-electron chi connectivity index (χ3n) is 2.54. The van der Waals surface area contributed by atoms with Crippen LogP contribution in [0.4, 0.5) is 18.9 Å². The largest absolute Gasteiger partial charge is 0.322 e. The zero-order chi connectivity index (χ0) is 14.0. The van der Waals surface area contributed by atoms with Crippen molar-refractivity contribution < 1.29 is 18.0 Å². The summed E-state index contributed by atoms with van der Waals surface area (Å²) in [5.41, 5.74) is 0.533. The highest BCUT2D eigenvalue weighted by molar-refractivity contribution is 6.04. The van der Waals surface area contributed by atoms with Gasteiger partial charge in [0.25, 0.3) is 5.91 Å². The Kier molecular flexibility index (Phi) is 3.55. The second kappa shape index (κ2) is 5.14. The first-order chi connectivity index (χ1) is 8.95. The summed E-state index contributed by atoms with van der Waals surface area (Å²) in [6.45, 7) is 1.52. The maximum absolute atomic E-state index is 13.1. The third-order valence-corrected chi connectivity index (χ3v) is 2.54. The van der Waals surface area contributed by atoms with Gasteiger partial charge in [-0.3, -0.25) is 4.79 Å². The topological polar surface area (TPSA) is 29.1 Å². The lowest BCUT2D eigenvalue weighted by Gasteiger charge is -2.06. The Morgan fingerprint density at radius 2 is 1.63 bits per heavy atom. The molecule has 2 nitrogen and oxygen atoms in total. The van der Waals surface area contributed by atoms with Gasteiger partial charge in [0.05, 0.1) is 0 Å². The molecule has 0 atom stereocenters. The van der Waals surface area contributed by atoms with Crippen LogP contribution in [-0.2, 0) is 0 Å². The van der Waals surface area contributed by atoms with Gasteiger partial charge in [-0.1, -0.05) is 0 Å². The standard InChI is InChI=1S/C14H10F3NO/c1-8-4-9(2-3-13(8)17)14(19)18-12-6-10(15)5-11(16)7-12/h2-7H,1H3,(H,18,19). The molecule has 1 amide bonds. The van der Waals surface area contributed by atoms with Crippen molar-refractivity contribution in [3.63, 3.8) is 0 Å². The molecule has 0 radical (unpaired) electrons. The fourth-order valence-corrected chi connectivity index (χ4v) is 1.62. The first kappa shape index (κ1) is 13.1. The summed E-state index contributed by atoms with van der Waals surface area (Å²) in [5, 5.41) is 2.35. The number of rotatable bonds is 2. The van der Waals surface area contributed by atoms with Gasteiger partial charge in [-0.2, -0.15) is 0 Å². The van der Waals surface area contributed by atoms with Crippen LogP contribution in [0.15, 0.2) is 36.4 Å². The summed E-state index contributed by atoms with van der Waals surface area (Å²) < 4.78 is 39.0. The van der Waals surface area contributed by atoms with E-state index in [9.17, 15) is 18.0 Å². The van der Waals surface area contributed by atoms with Crippen LogP contribution >= 0.6 is 0 Å². The first-order valence-corrected chi connectivity index (χ1v) is 5.49. The number of aryl methyl sites for hydroxylation is 1. The number of halogens is 3. The number of benzene rings is 2. The van der Waals surface area contributed by atoms with Crippen LogP contribution in [0.2, 0.25) is 0 Å². The highest BCUT2D eigenvalue weighted by Crippen LogP contribution is 2.15. The minimum atomic E-state index is -0.786. The Bertz CT molecular complexity index is 620. The van der Waals surface area contributed by atoms with Crippen LogP contribution < -0.4 is 5.32 Å². The maximum Gasteiger partial charge on any atom is 0.255 e. The Balaban J connectivity index is 2.22. The summed E-state index contributed by atoms with van der Waals surface area (Å²) in [7, 11) is 0. The van der Waals surface area contributed by atoms with Gasteiger partial charge in [0, 0.05) is 17.3 Å². The second-order valence-electron chi connectivity index (χ2n) is 4.08. The van der Waals surface area contributed by atoms with Crippen LogP contribution in [0.25, 0.3) is 0 Å². The van der Waals surface area contributed by atoms with Crippen molar-refractivity contribution in [3.05, 3.63) is 65.0 Å². The summed E-state index contributed by atoms with van der Waals surface area (Å²) >= 11 is 0. The Morgan fingerprint density at radius 3 is 2.21 bits per heavy atom. The van der Waals surface area contributed by atoms with E-state index in [1.54, 1.807) is 0 Å². The van der Waals surface area contributed by atoms with E-state index >= 15 is 0 Å². The Hall–Kier alpha value is -2.30. The van der Waals surface area contributed by atoms with E-state index in [1.807, 2.05) is 0 Å². The zero-order valence-electron chi connectivity index (χ0n) is 10.0. The van der Waals surface area contributed by atoms with Crippen LogP contribution in [0.3, 0.4) is 0 Å². The fourth-order valence-electron chi connectivity index (χ4n) is 1.62. The van der Waals surface area contributed by atoms with E-state index in [4.69, 9.17) is 0 Å². The summed E-state index contributed by atoms with van der Waals surface area (Å²) in [6, 6.07) is 6.52. The molecule has 2 rings (SSSR count). The fraction of sp³-hybridized carbons (Fsp3) is 0.0714. The normalized spacial score (nSPS) is 10.3. The molecule has 0 heterocycles. The smallest absolute Gasteiger partial charge is 0.255 e. The van der Waals surface area contributed by atoms with Gasteiger partial charge in [0.1, 0.15) is 17.5 Å². The minimum absolute atomic E-state index is 0.00415. The highest BCUT2D eigenvalue weighted by atomic mass is 19.1. The molecule has 5 heteroatoms. The van der Waals surface area contributed by atoms with Crippen LogP contribution in [0.5, 0.6) is 0 Å². The molecular weight excluding hydrogens is 255 g/mol. The van der Waals surface area contributed by atoms with E-state index in [1.165, 1.54) is 19.1 Å². The summed E-state index contributed by atoms with van der Waals surface area (Å²) in [4.78, 5) is 11.8. The first-order valence-electron chi connectivity index (χ1n) is 5.49. The number of anilines is 1. The molecule has 0 saturated carbocycles. The van der Waals surface area contributed by atoms with Gasteiger partial charge >= 0.3 is 0 Å². The van der Waals surface area contributed by atoms with Gasteiger partial charge in [-0.15, -0.1) is 0 Å². The van der Waals surface area contributed by atoms with Crippen LogP contribution in [0, 0.1) is 24.4 Å². The molecule has 0 bridgehead atoms. The van der Waals surface area contributed by atoms with Crippen molar-refractivity contribution >= 4 is 11.6 Å². The van der Waals surface area contributed by atoms with E-state index in [-0.39, 0.29) is 11.3 Å². The molecule has 0 unspecified atom stereocenters. The van der Waals surface area contributed by atoms with Crippen molar-refractivity contribution in [2.24, 2.45) is 0 Å². The lowest BCUT2D eigenvalue weighted by molar-refractivity contribution is 0.102. The molecule has 0 aliphatic carbocycles. The Morgan fingerprint density at radius 1 is 1.00 bits per heavy atom. The van der Waals surface area contributed by atoms with Gasteiger partial charge in [0.15, 0.2) is 0 Å². The number of carbonyl (C=O) groups is 1. The third kappa shape index (κ3) is 3.13. The van der Waals surface area contributed by atoms with Crippen LogP contribution in [-0.4, -0.2) is 5.91 Å². The number of carbonyl (C=O) groups excluding carboxylic acids is 1. The van der Waals surface area contributed by atoms with E-state index in [0.29, 0.717) is 11.6 Å². The molecule has 1 N–H and O–H groups in total. The van der Waals surface area contributed by atoms with Gasteiger partial charge in [-0.25, -0.2) is 13.2 Å². The van der Waals surface area contributed by atoms with Crippen LogP contribution in [0.1, 0.15) is 15.9 Å². The number of amides is 1. The highest BCUT2D eigenvalue weighted by Gasteiger charge is 2.09. The average Bonchev–Trinajstić information content (AvgIpc) is 2.31. The number of hydrogen-bond donors (Lipinski definition) is 1. The van der Waals surface area contributed by atoms with Crippen molar-refractivity contribution in [1.82, 2.24) is 0 Å². The van der Waals surface area contributed by atoms with Gasteiger partial charge < -0.3 is 5.32 Å². The lowest BCUT2D eigenvalue weighted by atomic mass is 10.1. The SMILES string of the molecule is Cc1cc(C(=O)Nc2cc(F)cc(F)c2)ccc1F. The molecule has 98 valence electrons. The van der Waals surface area contributed by atoms with Crippen molar-refractivity contribution in [2.45, 2.75) is 6.92 Å². The molecule has 19 heavy (non-hydrogen) atoms. The average molecular weight is 265 g/mol. The number of hydrogen-bond acceptors (Lipinski definition) is 1. The Labute approximate surface area is 107 Å². The quantitative estimate of drug-likeness (QED) is 0.882. The van der Waals surface area contributed by atoms with E-state index < -0.39 is 23.4 Å². The van der Waals surface area contributed by atoms with Crippen molar-refractivity contribution in [1.29, 1.82) is 0 Å². The molecule has 0 fully saturated rings. The molecular formula is C14H10F3NO. The molecule has 0 aliphatic rings. The molecule has 2 aromatic carbocycles. The lowest BCUT2D eigenvalue weighted by Crippen LogP contribution is -2.12. The minimum Gasteiger partial charge on any atom is -0.322 e. The molecule has 0 aromatic heterocycles. The predicted octanol–water partition coefficient (Wildman–Crippen LogP) is 3.66. The number of nitrogens with one attached hydrogen (secondary N) is 1. The van der Waals surface area contributed by atoms with Gasteiger partial charge in [0.2, 0.25) is 0 Å². The van der Waals surface area contributed by atoms with E-state index in [0.717, 1.165) is 18.2 Å². The van der Waals surface area contributed by atoms with Crippen molar-refractivity contribution in [3.8, 4) is 0 Å². The van der Waals surface area contributed by atoms with Gasteiger partial charge in [-0.05, 0) is 42.8 Å². The monoisotopic (exact) mass is 265 g/mol.